The predicted molar refractivity (Wildman–Crippen MR) is 115 cm³/mol. The van der Waals surface area contributed by atoms with Crippen LogP contribution in [0.15, 0.2) is 41.2 Å². The van der Waals surface area contributed by atoms with E-state index >= 15 is 0 Å². The topological polar surface area (TPSA) is 52.2 Å². The molecule has 3 aromatic rings. The van der Waals surface area contributed by atoms with Crippen LogP contribution >= 0.6 is 11.3 Å². The standard InChI is InChI=1S/C22H26N4OS/c27-21-18-14-19(16-6-2-1-3-7-16)28-22(18)24-20(23-21)15-25-10-12-26(13-11-25)17-8-4-5-9-17/h1-3,6-7,14,17H,4-5,8-13,15H2,(H,23,24,27). The number of piperazine rings is 1. The van der Waals surface area contributed by atoms with Crippen molar-refractivity contribution in [1.29, 1.82) is 0 Å². The lowest BCUT2D eigenvalue weighted by atomic mass is 10.2. The molecular weight excluding hydrogens is 368 g/mol. The first kappa shape index (κ1) is 18.0. The zero-order valence-corrected chi connectivity index (χ0v) is 16.9. The van der Waals surface area contributed by atoms with E-state index in [-0.39, 0.29) is 5.56 Å². The van der Waals surface area contributed by atoms with Gasteiger partial charge in [-0.3, -0.25) is 14.6 Å². The van der Waals surface area contributed by atoms with Crippen LogP contribution in [0, 0.1) is 0 Å². The van der Waals surface area contributed by atoms with E-state index in [9.17, 15) is 4.79 Å². The number of nitrogens with one attached hydrogen (secondary N) is 1. The normalized spacial score (nSPS) is 19.6. The quantitative estimate of drug-likeness (QED) is 0.733. The fraction of sp³-hybridized carbons (Fsp3) is 0.455. The van der Waals surface area contributed by atoms with Crippen LogP contribution in [0.2, 0.25) is 0 Å². The molecule has 5 rings (SSSR count). The van der Waals surface area contributed by atoms with Crippen molar-refractivity contribution in [2.75, 3.05) is 26.2 Å². The molecule has 0 radical (unpaired) electrons. The van der Waals surface area contributed by atoms with Gasteiger partial charge in [0.05, 0.1) is 11.9 Å². The van der Waals surface area contributed by atoms with Crippen LogP contribution in [0.25, 0.3) is 20.7 Å². The highest BCUT2D eigenvalue weighted by Crippen LogP contribution is 2.31. The zero-order chi connectivity index (χ0) is 18.9. The highest BCUT2D eigenvalue weighted by atomic mass is 32.1. The summed E-state index contributed by atoms with van der Waals surface area (Å²) in [5.74, 6) is 0.785. The molecule has 0 unspecified atom stereocenters. The Bertz CT molecular complexity index is 998. The summed E-state index contributed by atoms with van der Waals surface area (Å²) in [7, 11) is 0. The van der Waals surface area contributed by atoms with Crippen molar-refractivity contribution in [2.45, 2.75) is 38.3 Å². The summed E-state index contributed by atoms with van der Waals surface area (Å²) >= 11 is 1.60. The third kappa shape index (κ3) is 3.64. The Kier molecular flexibility index (Phi) is 5.01. The maximum Gasteiger partial charge on any atom is 0.259 e. The van der Waals surface area contributed by atoms with Crippen molar-refractivity contribution in [3.63, 3.8) is 0 Å². The SMILES string of the molecule is O=c1[nH]c(CN2CCN(C3CCCC3)CC2)nc2sc(-c3ccccc3)cc12. The van der Waals surface area contributed by atoms with Crippen molar-refractivity contribution >= 4 is 21.6 Å². The van der Waals surface area contributed by atoms with Gasteiger partial charge >= 0.3 is 0 Å². The monoisotopic (exact) mass is 394 g/mol. The minimum absolute atomic E-state index is 0.0250. The molecule has 146 valence electrons. The van der Waals surface area contributed by atoms with Crippen molar-refractivity contribution in [2.24, 2.45) is 0 Å². The summed E-state index contributed by atoms with van der Waals surface area (Å²) in [5, 5.41) is 0.693. The molecule has 28 heavy (non-hydrogen) atoms. The number of fused-ring (bicyclic) bond motifs is 1. The van der Waals surface area contributed by atoms with Gasteiger partial charge in [0.2, 0.25) is 0 Å². The molecule has 0 amide bonds. The first-order chi connectivity index (χ1) is 13.8. The van der Waals surface area contributed by atoms with Crippen molar-refractivity contribution < 1.29 is 0 Å². The van der Waals surface area contributed by atoms with Crippen LogP contribution in [0.4, 0.5) is 0 Å². The van der Waals surface area contributed by atoms with E-state index in [2.05, 4.69) is 26.9 Å². The molecule has 2 aliphatic rings. The van der Waals surface area contributed by atoms with Crippen molar-refractivity contribution in [3.8, 4) is 10.4 Å². The molecular formula is C22H26N4OS. The van der Waals surface area contributed by atoms with E-state index in [0.717, 1.165) is 59.9 Å². The first-order valence-electron chi connectivity index (χ1n) is 10.3. The number of thiophene rings is 1. The number of hydrogen-bond acceptors (Lipinski definition) is 5. The van der Waals surface area contributed by atoms with Crippen LogP contribution in [0.3, 0.4) is 0 Å². The third-order valence-corrected chi connectivity index (χ3v) is 7.21. The first-order valence-corrected chi connectivity index (χ1v) is 11.1. The third-order valence-electron chi connectivity index (χ3n) is 6.13. The average Bonchev–Trinajstić information content (AvgIpc) is 3.40. The molecule has 1 saturated carbocycles. The maximum absolute atomic E-state index is 12.6. The molecule has 6 heteroatoms. The summed E-state index contributed by atoms with van der Waals surface area (Å²) < 4.78 is 0. The van der Waals surface area contributed by atoms with Gasteiger partial charge in [-0.1, -0.05) is 43.2 Å². The van der Waals surface area contributed by atoms with Crippen molar-refractivity contribution in [3.05, 3.63) is 52.6 Å². The van der Waals surface area contributed by atoms with Crippen LogP contribution in [0.1, 0.15) is 31.5 Å². The Morgan fingerprint density at radius 3 is 2.57 bits per heavy atom. The highest BCUT2D eigenvalue weighted by Gasteiger charge is 2.26. The second-order valence-electron chi connectivity index (χ2n) is 7.96. The number of nitrogens with zero attached hydrogens (tertiary/aromatic N) is 3. The number of benzene rings is 1. The number of H-pyrrole nitrogens is 1. The summed E-state index contributed by atoms with van der Waals surface area (Å²) in [4.78, 5) is 27.4. The number of rotatable bonds is 4. The molecule has 0 spiro atoms. The number of hydrogen-bond donors (Lipinski definition) is 1. The molecule has 5 nitrogen and oxygen atoms in total. The Morgan fingerprint density at radius 2 is 1.82 bits per heavy atom. The average molecular weight is 395 g/mol. The fourth-order valence-corrected chi connectivity index (χ4v) is 5.62. The second kappa shape index (κ2) is 7.78. The number of aromatic nitrogens is 2. The van der Waals surface area contributed by atoms with Crippen LogP contribution in [-0.2, 0) is 6.54 Å². The van der Waals surface area contributed by atoms with E-state index in [0.29, 0.717) is 5.39 Å². The largest absolute Gasteiger partial charge is 0.309 e. The van der Waals surface area contributed by atoms with Gasteiger partial charge in [-0.25, -0.2) is 4.98 Å². The minimum atomic E-state index is -0.0250. The summed E-state index contributed by atoms with van der Waals surface area (Å²) in [6, 6.07) is 13.0. The Labute approximate surface area is 169 Å². The summed E-state index contributed by atoms with van der Waals surface area (Å²) in [5.41, 5.74) is 1.11. The van der Waals surface area contributed by atoms with Gasteiger partial charge in [-0.05, 0) is 24.5 Å². The molecule has 1 aromatic carbocycles. The molecule has 3 heterocycles. The van der Waals surface area contributed by atoms with Gasteiger partial charge in [-0.2, -0.15) is 0 Å². The number of aromatic amines is 1. The Balaban J connectivity index is 1.31. The van der Waals surface area contributed by atoms with Gasteiger partial charge in [0.1, 0.15) is 10.7 Å². The van der Waals surface area contributed by atoms with E-state index < -0.39 is 0 Å². The fourth-order valence-electron chi connectivity index (χ4n) is 4.56. The van der Waals surface area contributed by atoms with Gasteiger partial charge in [0.15, 0.2) is 0 Å². The maximum atomic E-state index is 12.6. The van der Waals surface area contributed by atoms with Crippen LogP contribution in [0.5, 0.6) is 0 Å². The molecule has 2 fully saturated rings. The van der Waals surface area contributed by atoms with E-state index in [1.165, 1.54) is 25.7 Å². The molecule has 1 aliphatic heterocycles. The van der Waals surface area contributed by atoms with Gasteiger partial charge in [-0.15, -0.1) is 11.3 Å². The van der Waals surface area contributed by atoms with E-state index in [1.807, 2.05) is 24.3 Å². The van der Waals surface area contributed by atoms with Gasteiger partial charge < -0.3 is 4.98 Å². The molecule has 2 aromatic heterocycles. The molecule has 0 bridgehead atoms. The van der Waals surface area contributed by atoms with Crippen LogP contribution < -0.4 is 5.56 Å². The second-order valence-corrected chi connectivity index (χ2v) is 8.99. The minimum Gasteiger partial charge on any atom is -0.309 e. The predicted octanol–water partition coefficient (Wildman–Crippen LogP) is 3.71. The zero-order valence-electron chi connectivity index (χ0n) is 16.1. The highest BCUT2D eigenvalue weighted by molar-refractivity contribution is 7.21. The Morgan fingerprint density at radius 1 is 1.07 bits per heavy atom. The van der Waals surface area contributed by atoms with E-state index in [1.54, 1.807) is 11.3 Å². The lowest BCUT2D eigenvalue weighted by Crippen LogP contribution is -2.49. The molecule has 0 atom stereocenters. The summed E-state index contributed by atoms with van der Waals surface area (Å²) in [6.45, 7) is 5.10. The van der Waals surface area contributed by atoms with Gasteiger partial charge in [0, 0.05) is 37.1 Å². The van der Waals surface area contributed by atoms with Crippen LogP contribution in [-0.4, -0.2) is 52.0 Å². The Hall–Kier alpha value is -2.02. The van der Waals surface area contributed by atoms with E-state index in [4.69, 9.17) is 4.98 Å². The molecule has 1 aliphatic carbocycles. The van der Waals surface area contributed by atoms with Gasteiger partial charge in [0.25, 0.3) is 5.56 Å². The summed E-state index contributed by atoms with van der Waals surface area (Å²) in [6.07, 6.45) is 5.52. The van der Waals surface area contributed by atoms with Crippen molar-refractivity contribution in [1.82, 2.24) is 19.8 Å². The smallest absolute Gasteiger partial charge is 0.259 e. The molecule has 1 saturated heterocycles. The lowest BCUT2D eigenvalue weighted by molar-refractivity contribution is 0.0921. The molecule has 1 N–H and O–H groups in total. The lowest BCUT2D eigenvalue weighted by Gasteiger charge is -2.37.